The smallest absolute Gasteiger partial charge is 0.282 e. The number of aromatic nitrogens is 2. The summed E-state index contributed by atoms with van der Waals surface area (Å²) in [5.41, 5.74) is 0.381. The Balaban J connectivity index is 2.12. The Labute approximate surface area is 129 Å². The molecule has 0 spiro atoms. The van der Waals surface area contributed by atoms with Crippen LogP contribution >= 0.6 is 23.2 Å². The molecule has 1 N–H and O–H groups in total. The molecule has 0 unspecified atom stereocenters. The van der Waals surface area contributed by atoms with Gasteiger partial charge < -0.3 is 5.32 Å². The van der Waals surface area contributed by atoms with E-state index in [9.17, 15) is 13.6 Å². The first-order chi connectivity index (χ1) is 9.88. The normalized spacial score (nSPS) is 11.0. The van der Waals surface area contributed by atoms with Crippen molar-refractivity contribution in [2.75, 3.05) is 5.32 Å². The van der Waals surface area contributed by atoms with Gasteiger partial charge in [-0.05, 0) is 25.1 Å². The van der Waals surface area contributed by atoms with E-state index in [2.05, 4.69) is 10.4 Å². The minimum absolute atomic E-state index is 0.208. The topological polar surface area (TPSA) is 46.9 Å². The zero-order valence-electron chi connectivity index (χ0n) is 10.9. The van der Waals surface area contributed by atoms with Gasteiger partial charge in [-0.3, -0.25) is 9.48 Å². The SMILES string of the molecule is Cc1cc(C(F)F)nn1CC(=O)Nc1c(Cl)cccc1Cl. The Kier molecular flexibility index (Phi) is 4.80. The average molecular weight is 334 g/mol. The average Bonchev–Trinajstić information content (AvgIpc) is 2.76. The molecule has 0 bridgehead atoms. The van der Waals surface area contributed by atoms with E-state index < -0.39 is 12.3 Å². The number of aryl methyl sites for hydroxylation is 1. The Hall–Kier alpha value is -1.66. The van der Waals surface area contributed by atoms with Crippen molar-refractivity contribution in [3.05, 3.63) is 45.7 Å². The number of alkyl halides is 2. The van der Waals surface area contributed by atoms with Gasteiger partial charge in [-0.25, -0.2) is 8.78 Å². The number of halogens is 4. The van der Waals surface area contributed by atoms with Crippen molar-refractivity contribution < 1.29 is 13.6 Å². The predicted octanol–water partition coefficient (Wildman–Crippen LogP) is 4.07. The minimum atomic E-state index is -2.67. The number of nitrogens with one attached hydrogen (secondary N) is 1. The van der Waals surface area contributed by atoms with E-state index in [1.165, 1.54) is 10.7 Å². The highest BCUT2D eigenvalue weighted by Crippen LogP contribution is 2.29. The number of hydrogen-bond acceptors (Lipinski definition) is 2. The molecule has 0 aliphatic carbocycles. The van der Waals surface area contributed by atoms with E-state index >= 15 is 0 Å². The van der Waals surface area contributed by atoms with Gasteiger partial charge in [0.15, 0.2) is 0 Å². The molecule has 0 radical (unpaired) electrons. The third-order valence-corrected chi connectivity index (χ3v) is 3.37. The lowest BCUT2D eigenvalue weighted by Gasteiger charge is -2.09. The first-order valence-electron chi connectivity index (χ1n) is 5.95. The van der Waals surface area contributed by atoms with Crippen LogP contribution in [0.2, 0.25) is 10.0 Å². The van der Waals surface area contributed by atoms with Gasteiger partial charge in [0.05, 0.1) is 15.7 Å². The van der Waals surface area contributed by atoms with E-state index in [1.807, 2.05) is 0 Å². The van der Waals surface area contributed by atoms with Gasteiger partial charge in [0.2, 0.25) is 5.91 Å². The Morgan fingerprint density at radius 3 is 2.52 bits per heavy atom. The molecule has 1 amide bonds. The second kappa shape index (κ2) is 6.41. The fourth-order valence-electron chi connectivity index (χ4n) is 1.73. The third kappa shape index (κ3) is 3.71. The Bertz CT molecular complexity index is 653. The summed E-state index contributed by atoms with van der Waals surface area (Å²) in [5, 5.41) is 6.80. The van der Waals surface area contributed by atoms with Crippen molar-refractivity contribution in [3.8, 4) is 0 Å². The lowest BCUT2D eigenvalue weighted by Crippen LogP contribution is -2.20. The van der Waals surface area contributed by atoms with Crippen LogP contribution in [-0.2, 0) is 11.3 Å². The van der Waals surface area contributed by atoms with Crippen molar-refractivity contribution in [2.24, 2.45) is 0 Å². The molecule has 1 aromatic carbocycles. The summed E-state index contributed by atoms with van der Waals surface area (Å²) in [5.74, 6) is -0.461. The van der Waals surface area contributed by atoms with Crippen molar-refractivity contribution in [1.29, 1.82) is 0 Å². The molecule has 21 heavy (non-hydrogen) atoms. The summed E-state index contributed by atoms with van der Waals surface area (Å²) in [6.07, 6.45) is -2.67. The number of carbonyl (C=O) groups excluding carboxylic acids is 1. The van der Waals surface area contributed by atoms with Gasteiger partial charge in [0.1, 0.15) is 12.2 Å². The highest BCUT2D eigenvalue weighted by Gasteiger charge is 2.16. The molecule has 1 aromatic heterocycles. The van der Waals surface area contributed by atoms with Crippen LogP contribution in [0.1, 0.15) is 17.8 Å². The van der Waals surface area contributed by atoms with Gasteiger partial charge in [0, 0.05) is 5.69 Å². The van der Waals surface area contributed by atoms with Gasteiger partial charge in [-0.1, -0.05) is 29.3 Å². The molecular weight excluding hydrogens is 323 g/mol. The summed E-state index contributed by atoms with van der Waals surface area (Å²) in [4.78, 5) is 11.9. The molecular formula is C13H11Cl2F2N3O. The molecule has 0 saturated carbocycles. The molecule has 0 aliphatic heterocycles. The summed E-state index contributed by atoms with van der Waals surface area (Å²) < 4.78 is 26.3. The van der Waals surface area contributed by atoms with Gasteiger partial charge in [-0.2, -0.15) is 5.10 Å². The monoisotopic (exact) mass is 333 g/mol. The van der Waals surface area contributed by atoms with Crippen LogP contribution < -0.4 is 5.32 Å². The second-order valence-corrected chi connectivity index (χ2v) is 5.13. The van der Waals surface area contributed by atoms with Crippen LogP contribution in [0.15, 0.2) is 24.3 Å². The quantitative estimate of drug-likeness (QED) is 0.916. The molecule has 0 aliphatic rings. The molecule has 0 fully saturated rings. The lowest BCUT2D eigenvalue weighted by atomic mass is 10.3. The fourth-order valence-corrected chi connectivity index (χ4v) is 2.23. The maximum atomic E-state index is 12.5. The van der Waals surface area contributed by atoms with E-state index in [-0.39, 0.29) is 17.9 Å². The standard InChI is InChI=1S/C13H11Cl2F2N3O/c1-7-5-10(13(16)17)19-20(7)6-11(21)18-12-8(14)3-2-4-9(12)15/h2-5,13H,6H2,1H3,(H,18,21). The Morgan fingerprint density at radius 1 is 1.38 bits per heavy atom. The molecule has 4 nitrogen and oxygen atoms in total. The van der Waals surface area contributed by atoms with Gasteiger partial charge in [0.25, 0.3) is 6.43 Å². The van der Waals surface area contributed by atoms with Crippen molar-refractivity contribution >= 4 is 34.8 Å². The van der Waals surface area contributed by atoms with Gasteiger partial charge >= 0.3 is 0 Å². The highest BCUT2D eigenvalue weighted by atomic mass is 35.5. The number of anilines is 1. The summed E-state index contributed by atoms with van der Waals surface area (Å²) in [6.45, 7) is 1.38. The Morgan fingerprint density at radius 2 is 2.00 bits per heavy atom. The maximum absolute atomic E-state index is 12.5. The summed E-state index contributed by atoms with van der Waals surface area (Å²) >= 11 is 11.9. The number of carbonyl (C=O) groups is 1. The van der Waals surface area contributed by atoms with E-state index in [4.69, 9.17) is 23.2 Å². The van der Waals surface area contributed by atoms with Crippen LogP contribution in [0.3, 0.4) is 0 Å². The van der Waals surface area contributed by atoms with Crippen LogP contribution in [0, 0.1) is 6.92 Å². The summed E-state index contributed by atoms with van der Waals surface area (Å²) in [6, 6.07) is 6.04. The number of benzene rings is 1. The van der Waals surface area contributed by atoms with Crippen molar-refractivity contribution in [2.45, 2.75) is 19.9 Å². The first-order valence-corrected chi connectivity index (χ1v) is 6.70. The van der Waals surface area contributed by atoms with E-state index in [0.29, 0.717) is 15.7 Å². The number of nitrogens with zero attached hydrogens (tertiary/aromatic N) is 2. The van der Waals surface area contributed by atoms with Crippen LogP contribution in [0.4, 0.5) is 14.5 Å². The second-order valence-electron chi connectivity index (χ2n) is 4.31. The molecule has 0 atom stereocenters. The highest BCUT2D eigenvalue weighted by molar-refractivity contribution is 6.39. The lowest BCUT2D eigenvalue weighted by molar-refractivity contribution is -0.117. The van der Waals surface area contributed by atoms with Crippen LogP contribution in [0.5, 0.6) is 0 Å². The maximum Gasteiger partial charge on any atom is 0.282 e. The third-order valence-electron chi connectivity index (χ3n) is 2.74. The predicted molar refractivity (Wildman–Crippen MR) is 77.0 cm³/mol. The fraction of sp³-hybridized carbons (Fsp3) is 0.231. The zero-order chi connectivity index (χ0) is 15.6. The minimum Gasteiger partial charge on any atom is -0.322 e. The molecule has 8 heteroatoms. The van der Waals surface area contributed by atoms with E-state index in [0.717, 1.165) is 0 Å². The number of amides is 1. The molecule has 112 valence electrons. The molecule has 1 heterocycles. The molecule has 2 rings (SSSR count). The van der Waals surface area contributed by atoms with Crippen molar-refractivity contribution in [3.63, 3.8) is 0 Å². The molecule has 0 saturated heterocycles. The number of para-hydroxylation sites is 1. The van der Waals surface area contributed by atoms with Crippen LogP contribution in [-0.4, -0.2) is 15.7 Å². The van der Waals surface area contributed by atoms with Gasteiger partial charge in [-0.15, -0.1) is 0 Å². The van der Waals surface area contributed by atoms with Crippen LogP contribution in [0.25, 0.3) is 0 Å². The summed E-state index contributed by atoms with van der Waals surface area (Å²) in [7, 11) is 0. The molecule has 2 aromatic rings. The number of hydrogen-bond donors (Lipinski definition) is 1. The first kappa shape index (κ1) is 15.7. The van der Waals surface area contributed by atoms with Crippen molar-refractivity contribution in [1.82, 2.24) is 9.78 Å². The largest absolute Gasteiger partial charge is 0.322 e. The van der Waals surface area contributed by atoms with E-state index in [1.54, 1.807) is 25.1 Å². The number of rotatable bonds is 4. The zero-order valence-corrected chi connectivity index (χ0v) is 12.4.